The van der Waals surface area contributed by atoms with Crippen molar-refractivity contribution in [3.05, 3.63) is 21.2 Å². The summed E-state index contributed by atoms with van der Waals surface area (Å²) in [7, 11) is 0. The Morgan fingerprint density at radius 3 is 2.40 bits per heavy atom. The molecule has 2 atom stereocenters. The number of aromatic nitrogens is 1. The van der Waals surface area contributed by atoms with Crippen LogP contribution in [0.5, 0.6) is 0 Å². The van der Waals surface area contributed by atoms with E-state index in [1.54, 1.807) is 0 Å². The van der Waals surface area contributed by atoms with Gasteiger partial charge in [0.1, 0.15) is 5.82 Å². The highest BCUT2D eigenvalue weighted by atomic mass is 79.9. The summed E-state index contributed by atoms with van der Waals surface area (Å²) in [6.07, 6.45) is 1.85. The van der Waals surface area contributed by atoms with Crippen molar-refractivity contribution in [1.82, 2.24) is 4.98 Å². The van der Waals surface area contributed by atoms with Crippen LogP contribution in [0.2, 0.25) is 0 Å². The van der Waals surface area contributed by atoms with E-state index in [9.17, 15) is 0 Å². The topological polar surface area (TPSA) is 16.1 Å². The van der Waals surface area contributed by atoms with Gasteiger partial charge in [-0.15, -0.1) is 0 Å². The number of hydrogen-bond donors (Lipinski definition) is 0. The molecule has 2 heterocycles. The fourth-order valence-corrected chi connectivity index (χ4v) is 3.18. The fraction of sp³-hybridized carbons (Fsp3) is 0.545. The van der Waals surface area contributed by atoms with E-state index in [4.69, 9.17) is 0 Å². The molecule has 1 aliphatic rings. The molecule has 0 amide bonds. The molecule has 1 aromatic heterocycles. The van der Waals surface area contributed by atoms with Crippen LogP contribution in [-0.4, -0.2) is 18.1 Å². The van der Waals surface area contributed by atoms with Crippen LogP contribution in [0.25, 0.3) is 0 Å². The standard InChI is InChI=1S/C11H14Br2N2/c1-7-5-15(6-8(7)2)11-10(13)3-9(12)4-14-11/h3-4,7-8H,5-6H2,1-2H3. The van der Waals surface area contributed by atoms with Gasteiger partial charge in [0.15, 0.2) is 0 Å². The number of pyridine rings is 1. The van der Waals surface area contributed by atoms with Crippen LogP contribution in [0.4, 0.5) is 5.82 Å². The molecule has 1 saturated heterocycles. The van der Waals surface area contributed by atoms with Crippen LogP contribution in [0.1, 0.15) is 13.8 Å². The molecule has 0 aliphatic carbocycles. The molecule has 0 saturated carbocycles. The van der Waals surface area contributed by atoms with Gasteiger partial charge in [-0.1, -0.05) is 13.8 Å². The summed E-state index contributed by atoms with van der Waals surface area (Å²) in [5, 5.41) is 0. The van der Waals surface area contributed by atoms with E-state index in [-0.39, 0.29) is 0 Å². The maximum absolute atomic E-state index is 4.46. The first-order valence-electron chi connectivity index (χ1n) is 5.14. The zero-order chi connectivity index (χ0) is 11.0. The summed E-state index contributed by atoms with van der Waals surface area (Å²) in [4.78, 5) is 6.81. The van der Waals surface area contributed by atoms with Crippen molar-refractivity contribution >= 4 is 37.7 Å². The fourth-order valence-electron chi connectivity index (χ4n) is 1.94. The number of hydrogen-bond acceptors (Lipinski definition) is 2. The molecule has 0 bridgehead atoms. The Bertz CT molecular complexity index is 358. The minimum Gasteiger partial charge on any atom is -0.355 e. The van der Waals surface area contributed by atoms with Crippen molar-refractivity contribution in [3.63, 3.8) is 0 Å². The van der Waals surface area contributed by atoms with Gasteiger partial charge >= 0.3 is 0 Å². The molecule has 0 aromatic carbocycles. The first-order chi connectivity index (χ1) is 7.08. The molecule has 4 heteroatoms. The van der Waals surface area contributed by atoms with E-state index in [2.05, 4.69) is 61.7 Å². The summed E-state index contributed by atoms with van der Waals surface area (Å²) in [6, 6.07) is 2.05. The first kappa shape index (κ1) is 11.4. The second-order valence-corrected chi connectivity index (χ2v) is 6.09. The largest absolute Gasteiger partial charge is 0.355 e. The lowest BCUT2D eigenvalue weighted by Gasteiger charge is -2.18. The highest BCUT2D eigenvalue weighted by Crippen LogP contribution is 2.32. The molecule has 0 N–H and O–H groups in total. The highest BCUT2D eigenvalue weighted by molar-refractivity contribution is 9.11. The Kier molecular flexibility index (Phi) is 3.36. The average molecular weight is 334 g/mol. The van der Waals surface area contributed by atoms with Crippen LogP contribution in [0.3, 0.4) is 0 Å². The Morgan fingerprint density at radius 2 is 1.87 bits per heavy atom. The predicted octanol–water partition coefficient (Wildman–Crippen LogP) is 3.70. The van der Waals surface area contributed by atoms with Crippen LogP contribution in [0, 0.1) is 11.8 Å². The normalized spacial score (nSPS) is 26.0. The smallest absolute Gasteiger partial charge is 0.142 e. The number of rotatable bonds is 1. The lowest BCUT2D eigenvalue weighted by Crippen LogP contribution is -2.21. The lowest BCUT2D eigenvalue weighted by molar-refractivity contribution is 0.494. The summed E-state index contributed by atoms with van der Waals surface area (Å²) in [5.41, 5.74) is 0. The Balaban J connectivity index is 2.24. The predicted molar refractivity (Wildman–Crippen MR) is 70.2 cm³/mol. The Hall–Kier alpha value is -0.0900. The molecule has 0 radical (unpaired) electrons. The van der Waals surface area contributed by atoms with Crippen LogP contribution < -0.4 is 4.90 Å². The van der Waals surface area contributed by atoms with Crippen LogP contribution >= 0.6 is 31.9 Å². The van der Waals surface area contributed by atoms with Gasteiger partial charge in [0.05, 0.1) is 4.47 Å². The molecule has 15 heavy (non-hydrogen) atoms. The van der Waals surface area contributed by atoms with E-state index >= 15 is 0 Å². The minimum atomic E-state index is 0.752. The molecular weight excluding hydrogens is 320 g/mol. The quantitative estimate of drug-likeness (QED) is 0.779. The van der Waals surface area contributed by atoms with E-state index in [1.807, 2.05) is 6.20 Å². The van der Waals surface area contributed by atoms with Gasteiger partial charge in [-0.05, 0) is 49.8 Å². The second-order valence-electron chi connectivity index (χ2n) is 4.32. The van der Waals surface area contributed by atoms with Gasteiger partial charge in [0, 0.05) is 23.8 Å². The molecule has 82 valence electrons. The second kappa shape index (κ2) is 4.42. The van der Waals surface area contributed by atoms with E-state index < -0.39 is 0 Å². The number of anilines is 1. The van der Waals surface area contributed by atoms with Crippen LogP contribution in [0.15, 0.2) is 21.2 Å². The highest BCUT2D eigenvalue weighted by Gasteiger charge is 2.27. The van der Waals surface area contributed by atoms with Crippen molar-refractivity contribution in [3.8, 4) is 0 Å². The number of halogens is 2. The van der Waals surface area contributed by atoms with Crippen molar-refractivity contribution in [1.29, 1.82) is 0 Å². The molecule has 1 fully saturated rings. The third-order valence-electron chi connectivity index (χ3n) is 3.08. The third kappa shape index (κ3) is 2.36. The molecular formula is C11H14Br2N2. The molecule has 2 rings (SSSR count). The summed E-state index contributed by atoms with van der Waals surface area (Å²) >= 11 is 6.98. The zero-order valence-electron chi connectivity index (χ0n) is 8.87. The minimum absolute atomic E-state index is 0.752. The van der Waals surface area contributed by atoms with E-state index in [0.29, 0.717) is 0 Å². The summed E-state index contributed by atoms with van der Waals surface area (Å²) < 4.78 is 2.08. The molecule has 1 aromatic rings. The maximum atomic E-state index is 4.46. The Labute approximate surface area is 107 Å². The molecule has 1 aliphatic heterocycles. The van der Waals surface area contributed by atoms with Crippen molar-refractivity contribution in [2.24, 2.45) is 11.8 Å². The molecule has 2 unspecified atom stereocenters. The van der Waals surface area contributed by atoms with Gasteiger partial charge in [0.2, 0.25) is 0 Å². The van der Waals surface area contributed by atoms with E-state index in [1.165, 1.54) is 0 Å². The van der Waals surface area contributed by atoms with Crippen molar-refractivity contribution in [2.75, 3.05) is 18.0 Å². The van der Waals surface area contributed by atoms with Crippen molar-refractivity contribution in [2.45, 2.75) is 13.8 Å². The monoisotopic (exact) mass is 332 g/mol. The molecule has 2 nitrogen and oxygen atoms in total. The number of nitrogens with zero attached hydrogens (tertiary/aromatic N) is 2. The third-order valence-corrected chi connectivity index (χ3v) is 4.09. The maximum Gasteiger partial charge on any atom is 0.142 e. The van der Waals surface area contributed by atoms with Gasteiger partial charge in [-0.2, -0.15) is 0 Å². The zero-order valence-corrected chi connectivity index (χ0v) is 12.0. The van der Waals surface area contributed by atoms with E-state index in [0.717, 1.165) is 39.7 Å². The van der Waals surface area contributed by atoms with Gasteiger partial charge in [0.25, 0.3) is 0 Å². The van der Waals surface area contributed by atoms with Gasteiger partial charge in [-0.25, -0.2) is 4.98 Å². The lowest BCUT2D eigenvalue weighted by atomic mass is 10.0. The average Bonchev–Trinajstić information content (AvgIpc) is 2.46. The van der Waals surface area contributed by atoms with Gasteiger partial charge in [-0.3, -0.25) is 0 Å². The summed E-state index contributed by atoms with van der Waals surface area (Å²) in [6.45, 7) is 6.82. The van der Waals surface area contributed by atoms with Crippen molar-refractivity contribution < 1.29 is 0 Å². The SMILES string of the molecule is CC1CN(c2ncc(Br)cc2Br)CC1C. The summed E-state index contributed by atoms with van der Waals surface area (Å²) in [5.74, 6) is 2.57. The van der Waals surface area contributed by atoms with Gasteiger partial charge < -0.3 is 4.90 Å². The molecule has 0 spiro atoms. The van der Waals surface area contributed by atoms with Crippen LogP contribution in [-0.2, 0) is 0 Å². The Morgan fingerprint density at radius 1 is 1.27 bits per heavy atom. The first-order valence-corrected chi connectivity index (χ1v) is 6.72.